The Balaban J connectivity index is 1.61. The molecule has 0 bridgehead atoms. The predicted octanol–water partition coefficient (Wildman–Crippen LogP) is 4.60. The molecule has 1 aliphatic carbocycles. The SMILES string of the molecule is O=S(=O)(c1ccc(C=Cc2ccc(F)cc2)cc1)c1ncccc1C1(O)CCC1. The summed E-state index contributed by atoms with van der Waals surface area (Å²) in [7, 11) is -3.85. The lowest BCUT2D eigenvalue weighted by atomic mass is 9.76. The average Bonchev–Trinajstić information content (AvgIpc) is 2.72. The van der Waals surface area contributed by atoms with Gasteiger partial charge in [0.25, 0.3) is 0 Å². The number of pyridine rings is 1. The highest BCUT2D eigenvalue weighted by Crippen LogP contribution is 2.43. The van der Waals surface area contributed by atoms with Crippen molar-refractivity contribution in [2.24, 2.45) is 0 Å². The van der Waals surface area contributed by atoms with Crippen LogP contribution in [0.2, 0.25) is 0 Å². The molecule has 2 aromatic carbocycles. The average molecular weight is 409 g/mol. The van der Waals surface area contributed by atoms with Crippen molar-refractivity contribution >= 4 is 22.0 Å². The monoisotopic (exact) mass is 409 g/mol. The first kappa shape index (κ1) is 19.5. The molecule has 1 heterocycles. The number of halogens is 1. The Hall–Kier alpha value is -2.83. The zero-order valence-electron chi connectivity index (χ0n) is 15.6. The van der Waals surface area contributed by atoms with E-state index in [1.165, 1.54) is 30.5 Å². The quantitative estimate of drug-likeness (QED) is 0.626. The number of aliphatic hydroxyl groups is 1. The summed E-state index contributed by atoms with van der Waals surface area (Å²) in [5, 5.41) is 10.6. The van der Waals surface area contributed by atoms with Gasteiger partial charge in [0, 0.05) is 11.8 Å². The zero-order chi connectivity index (χ0) is 20.5. The van der Waals surface area contributed by atoms with Gasteiger partial charge in [0.15, 0.2) is 5.03 Å². The topological polar surface area (TPSA) is 67.3 Å². The van der Waals surface area contributed by atoms with E-state index >= 15 is 0 Å². The molecule has 0 unspecified atom stereocenters. The van der Waals surface area contributed by atoms with Gasteiger partial charge in [0.05, 0.1) is 10.5 Å². The van der Waals surface area contributed by atoms with Crippen LogP contribution in [0.3, 0.4) is 0 Å². The molecular weight excluding hydrogens is 389 g/mol. The molecular formula is C23H20FNO3S. The molecule has 1 saturated carbocycles. The molecule has 0 aliphatic heterocycles. The molecule has 0 amide bonds. The number of hydrogen-bond donors (Lipinski definition) is 1. The lowest BCUT2D eigenvalue weighted by Crippen LogP contribution is -2.35. The van der Waals surface area contributed by atoms with E-state index in [0.29, 0.717) is 18.4 Å². The molecule has 1 N–H and O–H groups in total. The van der Waals surface area contributed by atoms with E-state index in [1.54, 1.807) is 36.4 Å². The van der Waals surface area contributed by atoms with E-state index in [2.05, 4.69) is 4.98 Å². The number of nitrogens with zero attached hydrogens (tertiary/aromatic N) is 1. The maximum atomic E-state index is 13.1. The molecule has 0 spiro atoms. The van der Waals surface area contributed by atoms with Gasteiger partial charge in [-0.2, -0.15) is 0 Å². The maximum absolute atomic E-state index is 13.1. The Morgan fingerprint density at radius 3 is 2.07 bits per heavy atom. The first-order valence-electron chi connectivity index (χ1n) is 9.35. The van der Waals surface area contributed by atoms with Crippen molar-refractivity contribution in [2.45, 2.75) is 34.8 Å². The van der Waals surface area contributed by atoms with Crippen molar-refractivity contribution in [3.63, 3.8) is 0 Å². The second kappa shape index (κ2) is 7.54. The summed E-state index contributed by atoms with van der Waals surface area (Å²) in [6.07, 6.45) is 7.01. The second-order valence-corrected chi connectivity index (χ2v) is 9.06. The standard InChI is InChI=1S/C23H20FNO3S/c24-19-10-6-17(7-11-19)4-5-18-8-12-20(13-9-18)29(27,28)22-21(3-1-16-25-22)23(26)14-2-15-23/h1,3-13,16,26H,2,14-15H2. The summed E-state index contributed by atoms with van der Waals surface area (Å²) in [5.74, 6) is -0.294. The minimum absolute atomic E-state index is 0.0863. The van der Waals surface area contributed by atoms with Gasteiger partial charge in [0.2, 0.25) is 9.84 Å². The van der Waals surface area contributed by atoms with Gasteiger partial charge < -0.3 is 5.11 Å². The highest BCUT2D eigenvalue weighted by Gasteiger charge is 2.41. The van der Waals surface area contributed by atoms with Crippen LogP contribution < -0.4 is 0 Å². The number of hydrogen-bond acceptors (Lipinski definition) is 4. The molecule has 0 radical (unpaired) electrons. The van der Waals surface area contributed by atoms with Crippen LogP contribution in [-0.2, 0) is 15.4 Å². The van der Waals surface area contributed by atoms with Crippen LogP contribution in [-0.4, -0.2) is 18.5 Å². The first-order chi connectivity index (χ1) is 13.9. The Bertz CT molecular complexity index is 1150. The van der Waals surface area contributed by atoms with E-state index < -0.39 is 15.4 Å². The number of rotatable bonds is 5. The van der Waals surface area contributed by atoms with Crippen LogP contribution in [0.4, 0.5) is 4.39 Å². The van der Waals surface area contributed by atoms with Crippen molar-refractivity contribution in [3.8, 4) is 0 Å². The van der Waals surface area contributed by atoms with E-state index in [-0.39, 0.29) is 15.7 Å². The fourth-order valence-electron chi connectivity index (χ4n) is 3.38. The van der Waals surface area contributed by atoms with Gasteiger partial charge in [0.1, 0.15) is 5.82 Å². The summed E-state index contributed by atoms with van der Waals surface area (Å²) >= 11 is 0. The zero-order valence-corrected chi connectivity index (χ0v) is 16.4. The Kier molecular flexibility index (Phi) is 5.06. The predicted molar refractivity (Wildman–Crippen MR) is 109 cm³/mol. The molecule has 6 heteroatoms. The molecule has 3 aromatic rings. The summed E-state index contributed by atoms with van der Waals surface area (Å²) < 4.78 is 39.2. The third kappa shape index (κ3) is 3.86. The largest absolute Gasteiger partial charge is 0.385 e. The van der Waals surface area contributed by atoms with E-state index in [0.717, 1.165) is 17.5 Å². The van der Waals surface area contributed by atoms with E-state index in [1.807, 2.05) is 12.2 Å². The Morgan fingerprint density at radius 1 is 0.931 bits per heavy atom. The maximum Gasteiger partial charge on any atom is 0.224 e. The van der Waals surface area contributed by atoms with Crippen LogP contribution in [0.15, 0.2) is 76.8 Å². The molecule has 1 aliphatic rings. The normalized spacial score (nSPS) is 15.9. The summed E-state index contributed by atoms with van der Waals surface area (Å²) in [4.78, 5) is 4.21. The molecule has 148 valence electrons. The molecule has 0 saturated heterocycles. The van der Waals surface area contributed by atoms with Gasteiger partial charge in [-0.25, -0.2) is 17.8 Å². The van der Waals surface area contributed by atoms with Crippen molar-refractivity contribution in [3.05, 3.63) is 89.4 Å². The fraction of sp³-hybridized carbons (Fsp3) is 0.174. The highest BCUT2D eigenvalue weighted by atomic mass is 32.2. The van der Waals surface area contributed by atoms with Crippen molar-refractivity contribution in [2.75, 3.05) is 0 Å². The molecule has 1 aromatic heterocycles. The lowest BCUT2D eigenvalue weighted by Gasteiger charge is -2.37. The molecule has 0 atom stereocenters. The van der Waals surface area contributed by atoms with Crippen molar-refractivity contribution < 1.29 is 17.9 Å². The minimum atomic E-state index is -3.85. The van der Waals surface area contributed by atoms with Gasteiger partial charge in [-0.1, -0.05) is 42.5 Å². The van der Waals surface area contributed by atoms with E-state index in [4.69, 9.17) is 0 Å². The second-order valence-electron chi connectivity index (χ2n) is 7.20. The van der Waals surface area contributed by atoms with Gasteiger partial charge in [-0.3, -0.25) is 0 Å². The molecule has 4 nitrogen and oxygen atoms in total. The van der Waals surface area contributed by atoms with Crippen LogP contribution in [0, 0.1) is 5.82 Å². The third-order valence-corrected chi connectivity index (χ3v) is 6.96. The minimum Gasteiger partial charge on any atom is -0.385 e. The Morgan fingerprint density at radius 2 is 1.52 bits per heavy atom. The summed E-state index contributed by atoms with van der Waals surface area (Å²) in [6.45, 7) is 0. The smallest absolute Gasteiger partial charge is 0.224 e. The van der Waals surface area contributed by atoms with Gasteiger partial charge in [-0.05, 0) is 60.7 Å². The first-order valence-corrected chi connectivity index (χ1v) is 10.8. The summed E-state index contributed by atoms with van der Waals surface area (Å²) in [6, 6.07) is 15.8. The fourth-order valence-corrected chi connectivity index (χ4v) is 4.84. The number of sulfone groups is 1. The molecule has 4 rings (SSSR count). The molecule has 1 fully saturated rings. The van der Waals surface area contributed by atoms with Gasteiger partial charge in [-0.15, -0.1) is 0 Å². The van der Waals surface area contributed by atoms with Gasteiger partial charge >= 0.3 is 0 Å². The lowest BCUT2D eigenvalue weighted by molar-refractivity contribution is -0.0417. The van der Waals surface area contributed by atoms with Crippen LogP contribution in [0.5, 0.6) is 0 Å². The third-order valence-electron chi connectivity index (χ3n) is 5.24. The Labute approximate surface area is 169 Å². The number of benzene rings is 2. The summed E-state index contributed by atoms with van der Waals surface area (Å²) in [5.41, 5.74) is 0.905. The molecule has 29 heavy (non-hydrogen) atoms. The number of aromatic nitrogens is 1. The van der Waals surface area contributed by atoms with Crippen molar-refractivity contribution in [1.82, 2.24) is 4.98 Å². The van der Waals surface area contributed by atoms with Crippen LogP contribution in [0.25, 0.3) is 12.2 Å². The van der Waals surface area contributed by atoms with Crippen molar-refractivity contribution in [1.29, 1.82) is 0 Å². The highest BCUT2D eigenvalue weighted by molar-refractivity contribution is 7.91. The van der Waals surface area contributed by atoms with Crippen LogP contribution >= 0.6 is 0 Å². The van der Waals surface area contributed by atoms with Crippen LogP contribution in [0.1, 0.15) is 36.0 Å². The van der Waals surface area contributed by atoms with E-state index in [9.17, 15) is 17.9 Å².